The van der Waals surface area contributed by atoms with Crippen LogP contribution in [-0.4, -0.2) is 23.5 Å². The Morgan fingerprint density at radius 1 is 1.19 bits per heavy atom. The minimum atomic E-state index is -0.563. The van der Waals surface area contributed by atoms with Crippen LogP contribution in [-0.2, 0) is 21.4 Å². The molecule has 182 valence electrons. The smallest absolute Gasteiger partial charge is 0.338 e. The topological polar surface area (TPSA) is 92.1 Å². The van der Waals surface area contributed by atoms with Gasteiger partial charge in [-0.15, -0.1) is 11.3 Å². The molecule has 6 nitrogen and oxygen atoms in total. The first-order valence-electron chi connectivity index (χ1n) is 11.7. The molecule has 0 bridgehead atoms. The number of aromatic nitrogens is 1. The number of benzene rings is 1. The van der Waals surface area contributed by atoms with Gasteiger partial charge >= 0.3 is 5.97 Å². The number of carbonyl (C=O) groups excluding carboxylic acids is 2. The van der Waals surface area contributed by atoms with Crippen molar-refractivity contribution >= 4 is 40.4 Å². The fraction of sp³-hybridized carbons (Fsp3) is 0.241. The molecule has 1 amide bonds. The second kappa shape index (κ2) is 10.7. The number of nitrogens with one attached hydrogen (secondary N) is 1. The summed E-state index contributed by atoms with van der Waals surface area (Å²) in [7, 11) is 0. The van der Waals surface area contributed by atoms with Crippen molar-refractivity contribution in [3.63, 3.8) is 0 Å². The van der Waals surface area contributed by atoms with Crippen LogP contribution in [0.4, 0.5) is 5.00 Å². The average Bonchev–Trinajstić information content (AvgIpc) is 3.24. The lowest BCUT2D eigenvalue weighted by Crippen LogP contribution is -2.20. The molecule has 2 heterocycles. The summed E-state index contributed by atoms with van der Waals surface area (Å²) in [5.74, 6) is -1.05. The number of hydrogen-bond donors (Lipinski definition) is 1. The van der Waals surface area contributed by atoms with Gasteiger partial charge in [0.2, 0.25) is 0 Å². The molecule has 1 aromatic carbocycles. The van der Waals surface area contributed by atoms with Crippen molar-refractivity contribution < 1.29 is 14.3 Å². The van der Waals surface area contributed by atoms with Gasteiger partial charge in [0, 0.05) is 22.1 Å². The predicted octanol–water partition coefficient (Wildman–Crippen LogP) is 6.15. The van der Waals surface area contributed by atoms with Crippen molar-refractivity contribution in [2.24, 2.45) is 0 Å². The molecular weight excluding hydrogens is 470 g/mol. The highest BCUT2D eigenvalue weighted by Crippen LogP contribution is 2.47. The van der Waals surface area contributed by atoms with Crippen LogP contribution < -0.4 is 5.32 Å². The van der Waals surface area contributed by atoms with Crippen molar-refractivity contribution in [2.75, 3.05) is 11.9 Å². The number of thiophene rings is 1. The van der Waals surface area contributed by atoms with Crippen LogP contribution in [0.3, 0.4) is 0 Å². The lowest BCUT2D eigenvalue weighted by molar-refractivity contribution is -0.119. The maximum Gasteiger partial charge on any atom is 0.338 e. The van der Waals surface area contributed by atoms with Crippen molar-refractivity contribution in [3.8, 4) is 6.07 Å². The lowest BCUT2D eigenvalue weighted by Gasteiger charge is -2.29. The number of nitriles is 1. The summed E-state index contributed by atoms with van der Waals surface area (Å²) in [6, 6.07) is 15.1. The number of nitrogens with zero attached hydrogens (tertiary/aromatic N) is 2. The molecule has 0 saturated carbocycles. The van der Waals surface area contributed by atoms with E-state index >= 15 is 0 Å². The van der Waals surface area contributed by atoms with E-state index in [9.17, 15) is 14.9 Å². The zero-order chi connectivity index (χ0) is 25.7. The summed E-state index contributed by atoms with van der Waals surface area (Å²) in [4.78, 5) is 30.3. The second-order valence-corrected chi connectivity index (χ2v) is 10.2. The van der Waals surface area contributed by atoms with Gasteiger partial charge in [-0.1, -0.05) is 45.0 Å². The van der Waals surface area contributed by atoms with Gasteiger partial charge in [-0.25, -0.2) is 4.79 Å². The highest BCUT2D eigenvalue weighted by atomic mass is 32.1. The summed E-state index contributed by atoms with van der Waals surface area (Å²) in [6.07, 6.45) is 9.39. The van der Waals surface area contributed by atoms with E-state index in [4.69, 9.17) is 4.74 Å². The van der Waals surface area contributed by atoms with E-state index in [0.29, 0.717) is 16.1 Å². The first-order chi connectivity index (χ1) is 17.3. The Morgan fingerprint density at radius 2 is 1.97 bits per heavy atom. The number of esters is 1. The van der Waals surface area contributed by atoms with Crippen LogP contribution in [0, 0.1) is 11.3 Å². The molecule has 36 heavy (non-hydrogen) atoms. The van der Waals surface area contributed by atoms with Crippen molar-refractivity contribution in [1.29, 1.82) is 5.26 Å². The number of anilines is 1. The number of amides is 1. The predicted molar refractivity (Wildman–Crippen MR) is 143 cm³/mol. The third-order valence-electron chi connectivity index (χ3n) is 5.99. The van der Waals surface area contributed by atoms with Crippen LogP contribution in [0.1, 0.15) is 64.8 Å². The standard InChI is InChI=1S/C29H27N3O3S/c1-4-19-8-11-21(12-9-19)28(34)35-18-25(33)32-27-24(17-30)23-15-20(16-29(2,3)26(23)36-27)10-13-22-7-5-6-14-31-22/h5-15H,4,16,18H2,1-3H3,(H,32,33). The molecular formula is C29H27N3O3S. The van der Waals surface area contributed by atoms with Gasteiger partial charge in [-0.05, 0) is 60.4 Å². The van der Waals surface area contributed by atoms with Crippen LogP contribution in [0.15, 0.2) is 60.3 Å². The summed E-state index contributed by atoms with van der Waals surface area (Å²) < 4.78 is 5.19. The van der Waals surface area contributed by atoms with Gasteiger partial charge in [0.25, 0.3) is 5.91 Å². The quantitative estimate of drug-likeness (QED) is 0.395. The normalized spacial score (nSPS) is 14.0. The Kier molecular flexibility index (Phi) is 7.47. The Bertz CT molecular complexity index is 1380. The number of rotatable bonds is 7. The number of fused-ring (bicyclic) bond motifs is 1. The monoisotopic (exact) mass is 497 g/mol. The largest absolute Gasteiger partial charge is 0.452 e. The van der Waals surface area contributed by atoms with Gasteiger partial charge in [-0.2, -0.15) is 5.26 Å². The van der Waals surface area contributed by atoms with Crippen molar-refractivity contribution in [2.45, 2.75) is 39.0 Å². The van der Waals surface area contributed by atoms with E-state index in [1.165, 1.54) is 11.3 Å². The van der Waals surface area contributed by atoms with Crippen LogP contribution in [0.2, 0.25) is 0 Å². The molecule has 0 aliphatic heterocycles. The molecule has 2 aromatic heterocycles. The number of carbonyl (C=O) groups is 2. The Hall–Kier alpha value is -4.02. The highest BCUT2D eigenvalue weighted by Gasteiger charge is 2.33. The molecule has 0 saturated heterocycles. The van der Waals surface area contributed by atoms with Gasteiger partial charge in [0.15, 0.2) is 6.61 Å². The first kappa shape index (κ1) is 25.1. The number of ether oxygens (including phenoxy) is 1. The van der Waals surface area contributed by atoms with E-state index < -0.39 is 18.5 Å². The molecule has 1 N–H and O–H groups in total. The van der Waals surface area contributed by atoms with Gasteiger partial charge in [0.05, 0.1) is 16.8 Å². The van der Waals surface area contributed by atoms with E-state index in [2.05, 4.69) is 30.2 Å². The zero-order valence-corrected chi connectivity index (χ0v) is 21.3. The number of allylic oxidation sites excluding steroid dienone is 2. The molecule has 3 aromatic rings. The molecule has 0 radical (unpaired) electrons. The highest BCUT2D eigenvalue weighted by molar-refractivity contribution is 7.17. The summed E-state index contributed by atoms with van der Waals surface area (Å²) >= 11 is 1.40. The Balaban J connectivity index is 1.49. The van der Waals surface area contributed by atoms with Crippen LogP contribution >= 0.6 is 11.3 Å². The fourth-order valence-corrected chi connectivity index (χ4v) is 5.38. The Labute approximate surface area is 215 Å². The Morgan fingerprint density at radius 3 is 2.64 bits per heavy atom. The molecule has 7 heteroatoms. The van der Waals surface area contributed by atoms with E-state index in [1.807, 2.05) is 55.5 Å². The van der Waals surface area contributed by atoms with Crippen molar-refractivity contribution in [3.05, 3.63) is 93.1 Å². The van der Waals surface area contributed by atoms with E-state index in [0.717, 1.165) is 40.1 Å². The van der Waals surface area contributed by atoms with Gasteiger partial charge < -0.3 is 10.1 Å². The van der Waals surface area contributed by atoms with E-state index in [1.54, 1.807) is 18.3 Å². The van der Waals surface area contributed by atoms with E-state index in [-0.39, 0.29) is 5.41 Å². The summed E-state index contributed by atoms with van der Waals surface area (Å²) in [6.45, 7) is 5.86. The van der Waals surface area contributed by atoms with Crippen molar-refractivity contribution in [1.82, 2.24) is 4.98 Å². The number of aryl methyl sites for hydroxylation is 1. The minimum Gasteiger partial charge on any atom is -0.452 e. The summed E-state index contributed by atoms with van der Waals surface area (Å²) in [5.41, 5.74) is 4.46. The molecule has 0 unspecified atom stereocenters. The lowest BCUT2D eigenvalue weighted by atomic mass is 9.77. The number of pyridine rings is 1. The SMILES string of the molecule is CCc1ccc(C(=O)OCC(=O)Nc2sc3c(c2C#N)C=C(C=Cc2ccccn2)CC3(C)C)cc1. The van der Waals surface area contributed by atoms with Gasteiger partial charge in [0.1, 0.15) is 11.1 Å². The number of hydrogen-bond acceptors (Lipinski definition) is 6. The molecule has 0 spiro atoms. The van der Waals surface area contributed by atoms with Crippen LogP contribution in [0.5, 0.6) is 0 Å². The fourth-order valence-electron chi connectivity index (χ4n) is 4.14. The molecule has 0 fully saturated rings. The maximum absolute atomic E-state index is 12.6. The third kappa shape index (κ3) is 5.61. The minimum absolute atomic E-state index is 0.218. The molecule has 1 aliphatic carbocycles. The van der Waals surface area contributed by atoms with Crippen LogP contribution in [0.25, 0.3) is 12.2 Å². The third-order valence-corrected chi connectivity index (χ3v) is 7.48. The molecule has 1 aliphatic rings. The first-order valence-corrected chi connectivity index (χ1v) is 12.6. The second-order valence-electron chi connectivity index (χ2n) is 9.20. The average molecular weight is 498 g/mol. The maximum atomic E-state index is 12.6. The summed E-state index contributed by atoms with van der Waals surface area (Å²) in [5, 5.41) is 13.2. The molecule has 4 rings (SSSR count). The zero-order valence-electron chi connectivity index (χ0n) is 20.5. The van der Waals surface area contributed by atoms with Gasteiger partial charge in [-0.3, -0.25) is 9.78 Å². The molecule has 0 atom stereocenters.